The molecule has 4 heterocycles. The van der Waals surface area contributed by atoms with Crippen molar-refractivity contribution in [1.29, 1.82) is 0 Å². The van der Waals surface area contributed by atoms with Crippen molar-refractivity contribution in [3.8, 4) is 97.0 Å². The Labute approximate surface area is 329 Å². The largest absolute Gasteiger partial charge is 0.506 e. The molecule has 11 aromatic rings. The second kappa shape index (κ2) is 11.7. The lowest BCUT2D eigenvalue weighted by Crippen LogP contribution is -2.00. The summed E-state index contributed by atoms with van der Waals surface area (Å²) in [4.78, 5) is 14.5. The van der Waals surface area contributed by atoms with E-state index in [4.69, 9.17) is 19.4 Å². The highest BCUT2D eigenvalue weighted by Crippen LogP contribution is 2.61. The van der Waals surface area contributed by atoms with E-state index in [0.29, 0.717) is 39.5 Å². The highest BCUT2D eigenvalue weighted by atomic mass is 16.4. The Morgan fingerprint density at radius 2 is 0.814 bits per heavy atom. The number of rotatable bonds is 4. The summed E-state index contributed by atoms with van der Waals surface area (Å²) >= 11 is 0. The molecule has 4 aromatic heterocycles. The van der Waals surface area contributed by atoms with E-state index in [1.165, 1.54) is 0 Å². The van der Waals surface area contributed by atoms with Crippen molar-refractivity contribution in [3.63, 3.8) is 0 Å². The molecule has 14 nitrogen and oxygen atoms in total. The third kappa shape index (κ3) is 4.36. The molecule has 0 spiro atoms. The van der Waals surface area contributed by atoms with E-state index in [2.05, 4.69) is 0 Å². The molecule has 9 N–H and O–H groups in total. The molecule has 0 aliphatic heterocycles. The van der Waals surface area contributed by atoms with Crippen LogP contribution in [0.25, 0.3) is 105 Å². The molecule has 59 heavy (non-hydrogen) atoms. The third-order valence-corrected chi connectivity index (χ3v) is 10.9. The standard InChI is InChI=1S/C45H26N4O10/c50-33-25-26-31(36(53)40(57)38(55)34(26)51)49-30(25)28(27-32(49)37(54)41(58)39(56)35(27)52)42-29(33)24-22(15-8-16-23(24)59-42)20-13-7-14-21(17-20)45-47-43(18-9-3-1-4-10-18)46-44(48-45)19-11-5-2-6-12-19/h1-17,50-58H. The number of furan rings is 1. The predicted octanol–water partition coefficient (Wildman–Crippen LogP) is 8.94. The summed E-state index contributed by atoms with van der Waals surface area (Å²) in [6.45, 7) is 0. The van der Waals surface area contributed by atoms with E-state index < -0.39 is 57.3 Å². The lowest BCUT2D eigenvalue weighted by Gasteiger charge is -2.11. The van der Waals surface area contributed by atoms with Gasteiger partial charge in [-0.25, -0.2) is 15.0 Å². The molecule has 0 aliphatic rings. The maximum Gasteiger partial charge on any atom is 0.206 e. The molecule has 0 bridgehead atoms. The molecule has 286 valence electrons. The minimum Gasteiger partial charge on any atom is -0.506 e. The normalized spacial score (nSPS) is 12.0. The van der Waals surface area contributed by atoms with Crippen LogP contribution in [0.5, 0.6) is 51.7 Å². The van der Waals surface area contributed by atoms with Crippen LogP contribution in [-0.4, -0.2) is 65.3 Å². The number of aromatic hydroxyl groups is 9. The Hall–Kier alpha value is -8.65. The van der Waals surface area contributed by atoms with Gasteiger partial charge >= 0.3 is 0 Å². The lowest BCUT2D eigenvalue weighted by atomic mass is 9.95. The number of aromatic nitrogens is 4. The molecular weight excluding hydrogens is 757 g/mol. The summed E-state index contributed by atoms with van der Waals surface area (Å²) in [6, 6.07) is 31.7. The van der Waals surface area contributed by atoms with Crippen LogP contribution in [-0.2, 0) is 0 Å². The average Bonchev–Trinajstić information content (AvgIpc) is 3.95. The molecule has 0 amide bonds. The third-order valence-electron chi connectivity index (χ3n) is 10.9. The number of phenols is 9. The Bertz CT molecular complexity index is 3540. The van der Waals surface area contributed by atoms with Gasteiger partial charge in [-0.05, 0) is 23.3 Å². The van der Waals surface area contributed by atoms with E-state index in [1.54, 1.807) is 18.2 Å². The van der Waals surface area contributed by atoms with Gasteiger partial charge in [-0.2, -0.15) is 0 Å². The number of hydrogen-bond donors (Lipinski definition) is 9. The zero-order chi connectivity index (χ0) is 40.6. The van der Waals surface area contributed by atoms with Crippen LogP contribution in [0.2, 0.25) is 0 Å². The first-order valence-electron chi connectivity index (χ1n) is 18.1. The van der Waals surface area contributed by atoms with Crippen molar-refractivity contribution in [1.82, 2.24) is 19.4 Å². The van der Waals surface area contributed by atoms with Crippen molar-refractivity contribution >= 4 is 60.0 Å². The number of fused-ring (bicyclic) bond motifs is 10. The highest BCUT2D eigenvalue weighted by Gasteiger charge is 2.36. The predicted molar refractivity (Wildman–Crippen MR) is 218 cm³/mol. The monoisotopic (exact) mass is 782 g/mol. The first kappa shape index (κ1) is 33.7. The molecule has 0 fully saturated rings. The molecule has 7 aromatic carbocycles. The Kier molecular flexibility index (Phi) is 6.67. The summed E-state index contributed by atoms with van der Waals surface area (Å²) in [5.74, 6) is -7.23. The van der Waals surface area contributed by atoms with Crippen molar-refractivity contribution in [2.45, 2.75) is 0 Å². The van der Waals surface area contributed by atoms with Crippen LogP contribution in [0.4, 0.5) is 0 Å². The van der Waals surface area contributed by atoms with Gasteiger partial charge in [-0.3, -0.25) is 0 Å². The fourth-order valence-electron chi connectivity index (χ4n) is 8.33. The SMILES string of the molecule is Oc1c(O)c(O)c2c(c1O)c1c(O)c3c(oc4cccc(-c5cccc(-c6nc(-c7ccccc7)nc(-c7ccccc7)n6)c5)c43)c3c4c(O)c(O)c(O)c(O)c4n2c13. The summed E-state index contributed by atoms with van der Waals surface area (Å²) in [7, 11) is 0. The van der Waals surface area contributed by atoms with Crippen molar-refractivity contribution in [3.05, 3.63) is 103 Å². The smallest absolute Gasteiger partial charge is 0.206 e. The molecule has 0 saturated carbocycles. The first-order chi connectivity index (χ1) is 28.5. The Morgan fingerprint density at radius 3 is 1.39 bits per heavy atom. The van der Waals surface area contributed by atoms with Gasteiger partial charge in [0.05, 0.1) is 32.4 Å². The van der Waals surface area contributed by atoms with Crippen LogP contribution in [0.3, 0.4) is 0 Å². The Morgan fingerprint density at radius 1 is 0.356 bits per heavy atom. The number of nitrogens with zero attached hydrogens (tertiary/aromatic N) is 4. The topological polar surface area (TPSA) is 238 Å². The van der Waals surface area contributed by atoms with Crippen LogP contribution in [0.1, 0.15) is 0 Å². The van der Waals surface area contributed by atoms with E-state index in [-0.39, 0.29) is 49.1 Å². The van der Waals surface area contributed by atoms with Gasteiger partial charge in [0.1, 0.15) is 27.9 Å². The zero-order valence-corrected chi connectivity index (χ0v) is 30.0. The van der Waals surface area contributed by atoms with E-state index in [1.807, 2.05) is 84.9 Å². The lowest BCUT2D eigenvalue weighted by molar-refractivity contribution is 0.349. The second-order valence-corrected chi connectivity index (χ2v) is 14.1. The average molecular weight is 783 g/mol. The van der Waals surface area contributed by atoms with Crippen LogP contribution < -0.4 is 0 Å². The van der Waals surface area contributed by atoms with Gasteiger partial charge in [0.25, 0.3) is 0 Å². The molecule has 0 unspecified atom stereocenters. The zero-order valence-electron chi connectivity index (χ0n) is 30.0. The highest BCUT2D eigenvalue weighted by molar-refractivity contribution is 6.39. The van der Waals surface area contributed by atoms with Gasteiger partial charge in [0.15, 0.2) is 40.5 Å². The van der Waals surface area contributed by atoms with Crippen LogP contribution >= 0.6 is 0 Å². The maximum absolute atomic E-state index is 12.4. The summed E-state index contributed by atoms with van der Waals surface area (Å²) in [5, 5.41) is 99.9. The molecule has 0 atom stereocenters. The summed E-state index contributed by atoms with van der Waals surface area (Å²) < 4.78 is 7.54. The van der Waals surface area contributed by atoms with Gasteiger partial charge in [0.2, 0.25) is 23.0 Å². The van der Waals surface area contributed by atoms with Crippen molar-refractivity contribution in [2.75, 3.05) is 0 Å². The molecule has 11 rings (SSSR count). The molecule has 0 radical (unpaired) electrons. The second-order valence-electron chi connectivity index (χ2n) is 14.1. The van der Waals surface area contributed by atoms with E-state index in [9.17, 15) is 46.0 Å². The molecular formula is C45H26N4O10. The quantitative estimate of drug-likeness (QED) is 0.0599. The minimum atomic E-state index is -1.11. The summed E-state index contributed by atoms with van der Waals surface area (Å²) in [6.07, 6.45) is 0. The molecule has 14 heteroatoms. The van der Waals surface area contributed by atoms with Crippen LogP contribution in [0, 0.1) is 0 Å². The Balaban J connectivity index is 1.24. The number of benzene rings is 7. The van der Waals surface area contributed by atoms with Crippen molar-refractivity contribution < 1.29 is 50.4 Å². The van der Waals surface area contributed by atoms with Gasteiger partial charge in [0, 0.05) is 22.1 Å². The van der Waals surface area contributed by atoms with E-state index >= 15 is 0 Å². The molecule has 0 aliphatic carbocycles. The first-order valence-corrected chi connectivity index (χ1v) is 18.1. The van der Waals surface area contributed by atoms with Gasteiger partial charge in [-0.15, -0.1) is 0 Å². The summed E-state index contributed by atoms with van der Waals surface area (Å²) in [5.41, 5.74) is 2.80. The number of hydrogen-bond acceptors (Lipinski definition) is 13. The number of phenolic OH excluding ortho intramolecular Hbond substituents is 9. The van der Waals surface area contributed by atoms with Crippen LogP contribution in [0.15, 0.2) is 108 Å². The van der Waals surface area contributed by atoms with Crippen molar-refractivity contribution in [2.24, 2.45) is 0 Å². The maximum atomic E-state index is 12.4. The fraction of sp³-hybridized carbons (Fsp3) is 0. The fourth-order valence-corrected chi connectivity index (χ4v) is 8.33. The van der Waals surface area contributed by atoms with E-state index in [0.717, 1.165) is 15.5 Å². The van der Waals surface area contributed by atoms with Gasteiger partial charge < -0.3 is 54.8 Å². The van der Waals surface area contributed by atoms with Gasteiger partial charge in [-0.1, -0.05) is 91.0 Å². The molecule has 0 saturated heterocycles. The minimum absolute atomic E-state index is 0.0113.